The number of piperidine rings is 1. The summed E-state index contributed by atoms with van der Waals surface area (Å²) in [5.74, 6) is -1.32. The molecule has 2 saturated heterocycles. The molecule has 2 fully saturated rings. The van der Waals surface area contributed by atoms with Crippen LogP contribution in [0.3, 0.4) is 0 Å². The zero-order valence-electron chi connectivity index (χ0n) is 24.1. The van der Waals surface area contributed by atoms with Crippen molar-refractivity contribution in [3.63, 3.8) is 0 Å². The molecule has 4 heterocycles. The van der Waals surface area contributed by atoms with E-state index in [9.17, 15) is 27.9 Å². The second-order valence-corrected chi connectivity index (χ2v) is 12.7. The normalized spacial score (nSPS) is 18.1. The first-order valence-electron chi connectivity index (χ1n) is 14.6. The van der Waals surface area contributed by atoms with Crippen LogP contribution in [-0.2, 0) is 17.8 Å². The van der Waals surface area contributed by atoms with E-state index in [1.165, 1.54) is 29.8 Å². The van der Waals surface area contributed by atoms with E-state index in [4.69, 9.17) is 16.6 Å². The van der Waals surface area contributed by atoms with Gasteiger partial charge in [-0.25, -0.2) is 15.0 Å². The Bertz CT molecular complexity index is 1480. The Morgan fingerprint density at radius 1 is 1.11 bits per heavy atom. The van der Waals surface area contributed by atoms with E-state index >= 15 is 0 Å². The molecule has 5 rings (SSSR count). The van der Waals surface area contributed by atoms with E-state index in [0.29, 0.717) is 60.6 Å². The molecule has 2 aliphatic heterocycles. The molecule has 1 atom stereocenters. The van der Waals surface area contributed by atoms with Gasteiger partial charge in [-0.1, -0.05) is 24.9 Å². The second-order valence-electron chi connectivity index (χ2n) is 11.1. The highest BCUT2D eigenvalue weighted by molar-refractivity contribution is 7.12. The lowest BCUT2D eigenvalue weighted by molar-refractivity contribution is -0.274. The highest BCUT2D eigenvalue weighted by Crippen LogP contribution is 2.37. The highest BCUT2D eigenvalue weighted by Gasteiger charge is 2.32. The number of nitrogens with zero attached hydrogens (tertiary/aromatic N) is 5. The van der Waals surface area contributed by atoms with Gasteiger partial charge in [-0.05, 0) is 56.8 Å². The van der Waals surface area contributed by atoms with Gasteiger partial charge in [0.05, 0.1) is 30.4 Å². The number of thiazole rings is 1. The van der Waals surface area contributed by atoms with Crippen LogP contribution in [-0.4, -0.2) is 68.7 Å². The number of aliphatic carboxylic acids is 1. The molecule has 3 aromatic rings. The van der Waals surface area contributed by atoms with Crippen molar-refractivity contribution in [2.75, 3.05) is 24.5 Å². The number of alkyl halides is 3. The fourth-order valence-corrected chi connectivity index (χ4v) is 7.20. The fraction of sp³-hybridized carbons (Fsp3) is 0.500. The fourth-order valence-electron chi connectivity index (χ4n) is 5.86. The average Bonchev–Trinajstić information content (AvgIpc) is 3.58. The van der Waals surface area contributed by atoms with Crippen molar-refractivity contribution in [2.45, 2.75) is 70.8 Å². The second kappa shape index (κ2) is 13.8. The lowest BCUT2D eigenvalue weighted by Crippen LogP contribution is -2.36. The van der Waals surface area contributed by atoms with Crippen LogP contribution in [0.25, 0.3) is 11.3 Å². The Hall–Kier alpha value is -3.29. The molecule has 0 spiro atoms. The van der Waals surface area contributed by atoms with Crippen molar-refractivity contribution in [3.05, 3.63) is 51.2 Å². The molecule has 1 N–H and O–H groups in total. The number of ether oxygens (including phenoxy) is 1. The summed E-state index contributed by atoms with van der Waals surface area (Å²) >= 11 is 7.55. The van der Waals surface area contributed by atoms with Gasteiger partial charge in [0.15, 0.2) is 5.78 Å². The maximum atomic E-state index is 13.2. The first kappa shape index (κ1) is 32.1. The van der Waals surface area contributed by atoms with Crippen LogP contribution in [0.5, 0.6) is 5.75 Å². The average molecular weight is 652 g/mol. The number of carbonyl (C=O) groups excluding carboxylic acids is 1. The number of halogens is 4. The Morgan fingerprint density at radius 3 is 2.55 bits per heavy atom. The minimum atomic E-state index is -4.88. The standard InChI is InChI=1S/C30H33ClF3N5O4S/c1-2-4-21-5-3-8-39(21)17-25-28(19-11-20(31)13-22(12-19)43-30(32,33)34)37-27(44-25)14-24(40)23-15-36-26(16-35-23)38-9-6-18(7-10-38)29(41)42/h11-13,15-16,18,21H,2-10,14,17H2,1H3,(H,41,42)/t21-/m1/s1. The molecule has 2 aliphatic rings. The number of hydrogen-bond acceptors (Lipinski definition) is 9. The zero-order chi connectivity index (χ0) is 31.4. The van der Waals surface area contributed by atoms with Crippen LogP contribution in [0.15, 0.2) is 30.6 Å². The quantitative estimate of drug-likeness (QED) is 0.228. The third-order valence-electron chi connectivity index (χ3n) is 7.99. The molecule has 0 radical (unpaired) electrons. The van der Waals surface area contributed by atoms with Crippen LogP contribution < -0.4 is 9.64 Å². The number of rotatable bonds is 11. The number of ketones is 1. The summed E-state index contributed by atoms with van der Waals surface area (Å²) in [6, 6.07) is 4.32. The van der Waals surface area contributed by atoms with E-state index in [0.717, 1.165) is 43.2 Å². The van der Waals surface area contributed by atoms with Gasteiger partial charge in [0.25, 0.3) is 0 Å². The zero-order valence-corrected chi connectivity index (χ0v) is 25.7. The molecule has 0 unspecified atom stereocenters. The molecule has 1 aromatic carbocycles. The molecule has 0 saturated carbocycles. The van der Waals surface area contributed by atoms with E-state index in [1.807, 2.05) is 4.90 Å². The number of benzene rings is 1. The molecule has 44 heavy (non-hydrogen) atoms. The number of aromatic nitrogens is 3. The molecule has 9 nitrogen and oxygen atoms in total. The van der Waals surface area contributed by atoms with Crippen molar-refractivity contribution in [1.82, 2.24) is 19.9 Å². The van der Waals surface area contributed by atoms with Gasteiger partial charge in [-0.3, -0.25) is 14.5 Å². The summed E-state index contributed by atoms with van der Waals surface area (Å²) in [4.78, 5) is 43.1. The first-order valence-corrected chi connectivity index (χ1v) is 15.8. The molecule has 236 valence electrons. The molecular formula is C30H33ClF3N5O4S. The maximum Gasteiger partial charge on any atom is 0.573 e. The van der Waals surface area contributed by atoms with Crippen LogP contribution in [0.1, 0.15) is 65.8 Å². The Balaban J connectivity index is 1.36. The predicted octanol–water partition coefficient (Wildman–Crippen LogP) is 6.64. The summed E-state index contributed by atoms with van der Waals surface area (Å²) in [5.41, 5.74) is 1.02. The minimum Gasteiger partial charge on any atom is -0.481 e. The molecule has 0 bridgehead atoms. The van der Waals surface area contributed by atoms with Gasteiger partial charge < -0.3 is 14.7 Å². The number of Topliss-reactive ketones (excluding diaryl/α,β-unsaturated/α-hetero) is 1. The van der Waals surface area contributed by atoms with Crippen molar-refractivity contribution in [3.8, 4) is 17.0 Å². The smallest absolute Gasteiger partial charge is 0.481 e. The molecule has 2 aromatic heterocycles. The highest BCUT2D eigenvalue weighted by atomic mass is 35.5. The van der Waals surface area contributed by atoms with Gasteiger partial charge in [0.2, 0.25) is 0 Å². The lowest BCUT2D eigenvalue weighted by atomic mass is 9.97. The van der Waals surface area contributed by atoms with Crippen molar-refractivity contribution >= 4 is 40.5 Å². The van der Waals surface area contributed by atoms with Gasteiger partial charge in [0, 0.05) is 41.1 Å². The first-order chi connectivity index (χ1) is 21.0. The van der Waals surface area contributed by atoms with E-state index < -0.39 is 18.1 Å². The number of hydrogen-bond donors (Lipinski definition) is 1. The molecular weight excluding hydrogens is 619 g/mol. The summed E-state index contributed by atoms with van der Waals surface area (Å²) < 4.78 is 43.1. The molecule has 0 amide bonds. The van der Waals surface area contributed by atoms with Crippen molar-refractivity contribution < 1.29 is 32.6 Å². The number of carboxylic acid groups (broad SMARTS) is 1. The Kier molecular flexibility index (Phi) is 10.1. The lowest BCUT2D eigenvalue weighted by Gasteiger charge is -2.30. The number of likely N-dealkylation sites (tertiary alicyclic amines) is 1. The monoisotopic (exact) mass is 651 g/mol. The number of carboxylic acids is 1. The molecule has 0 aliphatic carbocycles. The Labute approximate surface area is 262 Å². The topological polar surface area (TPSA) is 109 Å². The van der Waals surface area contributed by atoms with Crippen LogP contribution in [0.2, 0.25) is 5.02 Å². The summed E-state index contributed by atoms with van der Waals surface area (Å²) in [6.45, 7) is 4.69. The predicted molar refractivity (Wildman–Crippen MR) is 160 cm³/mol. The van der Waals surface area contributed by atoms with Crippen molar-refractivity contribution in [1.29, 1.82) is 0 Å². The summed E-state index contributed by atoms with van der Waals surface area (Å²) in [7, 11) is 0. The van der Waals surface area contributed by atoms with Crippen LogP contribution >= 0.6 is 22.9 Å². The van der Waals surface area contributed by atoms with Crippen LogP contribution in [0, 0.1) is 5.92 Å². The largest absolute Gasteiger partial charge is 0.573 e. The third-order valence-corrected chi connectivity index (χ3v) is 9.25. The molecule has 14 heteroatoms. The van der Waals surface area contributed by atoms with Crippen molar-refractivity contribution in [2.24, 2.45) is 5.92 Å². The van der Waals surface area contributed by atoms with Gasteiger partial charge in [0.1, 0.15) is 22.3 Å². The van der Waals surface area contributed by atoms with E-state index in [2.05, 4.69) is 26.5 Å². The van der Waals surface area contributed by atoms with E-state index in [1.54, 1.807) is 6.07 Å². The van der Waals surface area contributed by atoms with Gasteiger partial charge in [-0.2, -0.15) is 0 Å². The summed E-state index contributed by atoms with van der Waals surface area (Å²) in [6.07, 6.45) is 3.27. The number of anilines is 1. The number of carbonyl (C=O) groups is 2. The van der Waals surface area contributed by atoms with Gasteiger partial charge in [-0.15, -0.1) is 24.5 Å². The summed E-state index contributed by atoms with van der Waals surface area (Å²) in [5, 5.41) is 9.80. The SMILES string of the molecule is CCC[C@@H]1CCCN1Cc1sc(CC(=O)c2cnc(N3CCC(C(=O)O)CC3)cn2)nc1-c1cc(Cl)cc(OC(F)(F)F)c1. The maximum absolute atomic E-state index is 13.2. The van der Waals surface area contributed by atoms with Gasteiger partial charge >= 0.3 is 12.3 Å². The Morgan fingerprint density at radius 2 is 1.89 bits per heavy atom. The third kappa shape index (κ3) is 8.05. The van der Waals surface area contributed by atoms with E-state index in [-0.39, 0.29) is 28.8 Å². The van der Waals surface area contributed by atoms with Crippen LogP contribution in [0.4, 0.5) is 19.0 Å². The minimum absolute atomic E-state index is 0.0550.